The van der Waals surface area contributed by atoms with Gasteiger partial charge in [-0.1, -0.05) is 36.4 Å². The summed E-state index contributed by atoms with van der Waals surface area (Å²) in [5, 5.41) is 21.9. The molecule has 0 aliphatic carbocycles. The number of allylic oxidation sites excluding steroid dienone is 1. The van der Waals surface area contributed by atoms with Gasteiger partial charge in [0.2, 0.25) is 0 Å². The summed E-state index contributed by atoms with van der Waals surface area (Å²) in [6.07, 6.45) is 0.604. The van der Waals surface area contributed by atoms with Crippen molar-refractivity contribution in [3.8, 4) is 0 Å². The zero-order valence-electron chi connectivity index (χ0n) is 11.6. The Morgan fingerprint density at radius 1 is 1.00 bits per heavy atom. The lowest BCUT2D eigenvalue weighted by molar-refractivity contribution is -0.304. The summed E-state index contributed by atoms with van der Waals surface area (Å²) >= 11 is 0. The van der Waals surface area contributed by atoms with Gasteiger partial charge in [0.05, 0.1) is 11.9 Å². The molecule has 0 unspecified atom stereocenters. The van der Waals surface area contributed by atoms with Gasteiger partial charge in [-0.15, -0.1) is 0 Å². The largest absolute Gasteiger partial charge is 0.545 e. The van der Waals surface area contributed by atoms with E-state index in [-0.39, 0.29) is 17.6 Å². The molecule has 0 saturated heterocycles. The van der Waals surface area contributed by atoms with Gasteiger partial charge in [-0.25, -0.2) is 0 Å². The van der Waals surface area contributed by atoms with Crippen LogP contribution in [0.5, 0.6) is 0 Å². The number of carbonyl (C=O) groups excluding carboxylic acids is 2. The Balaban J connectivity index is 3.19. The Labute approximate surface area is 118 Å². The number of benzene rings is 1. The van der Waals surface area contributed by atoms with Gasteiger partial charge in [0.25, 0.3) is 0 Å². The molecule has 0 fully saturated rings. The highest BCUT2D eigenvalue weighted by atomic mass is 16.4. The fourth-order valence-corrected chi connectivity index (χ4v) is 1.90. The third kappa shape index (κ3) is 4.09. The molecule has 106 valence electrons. The Kier molecular flexibility index (Phi) is 5.26. The van der Waals surface area contributed by atoms with Crippen LogP contribution in [0.25, 0.3) is 0 Å². The van der Waals surface area contributed by atoms with E-state index >= 15 is 0 Å². The molecule has 0 aliphatic rings. The van der Waals surface area contributed by atoms with Crippen molar-refractivity contribution in [3.05, 3.63) is 58.7 Å². The van der Waals surface area contributed by atoms with Crippen molar-refractivity contribution in [2.45, 2.75) is 26.7 Å². The molecule has 0 amide bonds. The summed E-state index contributed by atoms with van der Waals surface area (Å²) in [4.78, 5) is 21.9. The van der Waals surface area contributed by atoms with E-state index in [1.54, 1.807) is 12.1 Å². The summed E-state index contributed by atoms with van der Waals surface area (Å²) in [6, 6.07) is 7.25. The molecule has 20 heavy (non-hydrogen) atoms. The Hall–Kier alpha value is -2.36. The monoisotopic (exact) mass is 272 g/mol. The van der Waals surface area contributed by atoms with E-state index in [1.807, 2.05) is 19.1 Å². The molecule has 0 radical (unpaired) electrons. The first-order valence-electron chi connectivity index (χ1n) is 6.16. The van der Waals surface area contributed by atoms with Crippen LogP contribution in [0.1, 0.15) is 25.0 Å². The van der Waals surface area contributed by atoms with Gasteiger partial charge in [0.1, 0.15) is 0 Å². The molecule has 0 N–H and O–H groups in total. The molecule has 0 spiro atoms. The number of carboxylic acids is 2. The molecule has 0 aromatic heterocycles. The number of hydrogen-bond acceptors (Lipinski definition) is 4. The molecule has 0 saturated carbocycles. The number of carbonyl (C=O) groups is 2. The average Bonchev–Trinajstić information content (AvgIpc) is 2.35. The third-order valence-corrected chi connectivity index (χ3v) is 2.98. The summed E-state index contributed by atoms with van der Waals surface area (Å²) in [7, 11) is 0. The minimum absolute atomic E-state index is 0.00833. The quantitative estimate of drug-likeness (QED) is 0.546. The van der Waals surface area contributed by atoms with Crippen LogP contribution in [0.15, 0.2) is 47.6 Å². The van der Waals surface area contributed by atoms with Crippen molar-refractivity contribution >= 4 is 11.9 Å². The van der Waals surface area contributed by atoms with Crippen molar-refractivity contribution in [2.24, 2.45) is 0 Å². The van der Waals surface area contributed by atoms with Crippen molar-refractivity contribution in [3.63, 3.8) is 0 Å². The highest BCUT2D eigenvalue weighted by molar-refractivity contribution is 5.97. The second-order valence-corrected chi connectivity index (χ2v) is 4.76. The SMILES string of the molecule is C=C(C)Cc1ccccc1C/C(C(=O)[O-])=C(\C)C(=O)[O-]. The Morgan fingerprint density at radius 3 is 1.90 bits per heavy atom. The molecular formula is C16H16O4-2. The van der Waals surface area contributed by atoms with Gasteiger partial charge in [0, 0.05) is 0 Å². The molecule has 0 aliphatic heterocycles. The van der Waals surface area contributed by atoms with Gasteiger partial charge >= 0.3 is 0 Å². The zero-order valence-corrected chi connectivity index (χ0v) is 11.6. The van der Waals surface area contributed by atoms with Crippen LogP contribution in [-0.2, 0) is 22.4 Å². The summed E-state index contributed by atoms with van der Waals surface area (Å²) in [5.41, 5.74) is 2.03. The first-order valence-corrected chi connectivity index (χ1v) is 6.16. The predicted octanol–water partition coefficient (Wildman–Crippen LogP) is 0.164. The van der Waals surface area contributed by atoms with E-state index in [0.717, 1.165) is 16.7 Å². The first-order chi connectivity index (χ1) is 9.32. The first kappa shape index (κ1) is 15.7. The molecule has 0 bridgehead atoms. The summed E-state index contributed by atoms with van der Waals surface area (Å²) in [5.74, 6) is -2.99. The normalized spacial score (nSPS) is 11.7. The highest BCUT2D eigenvalue weighted by Crippen LogP contribution is 2.18. The average molecular weight is 272 g/mol. The van der Waals surface area contributed by atoms with Crippen LogP contribution in [0.4, 0.5) is 0 Å². The maximum Gasteiger partial charge on any atom is 0.0681 e. The number of rotatable bonds is 6. The zero-order chi connectivity index (χ0) is 15.3. The van der Waals surface area contributed by atoms with Crippen LogP contribution in [0.3, 0.4) is 0 Å². The summed E-state index contributed by atoms with van der Waals surface area (Å²) < 4.78 is 0. The Morgan fingerprint density at radius 2 is 1.50 bits per heavy atom. The third-order valence-electron chi connectivity index (χ3n) is 2.98. The fraction of sp³-hybridized carbons (Fsp3) is 0.250. The molecule has 1 rings (SSSR count). The van der Waals surface area contributed by atoms with E-state index in [9.17, 15) is 19.8 Å². The maximum absolute atomic E-state index is 11.1. The van der Waals surface area contributed by atoms with Gasteiger partial charge in [0.15, 0.2) is 0 Å². The van der Waals surface area contributed by atoms with E-state index in [1.165, 1.54) is 6.92 Å². The van der Waals surface area contributed by atoms with E-state index in [4.69, 9.17) is 0 Å². The van der Waals surface area contributed by atoms with E-state index < -0.39 is 11.9 Å². The van der Waals surface area contributed by atoms with Crippen LogP contribution in [0.2, 0.25) is 0 Å². The van der Waals surface area contributed by atoms with Crippen molar-refractivity contribution in [1.29, 1.82) is 0 Å². The van der Waals surface area contributed by atoms with E-state index in [2.05, 4.69) is 6.58 Å². The topological polar surface area (TPSA) is 80.3 Å². The van der Waals surface area contributed by atoms with Gasteiger partial charge in [-0.3, -0.25) is 0 Å². The van der Waals surface area contributed by atoms with Crippen LogP contribution in [0, 0.1) is 0 Å². The minimum atomic E-state index is -1.50. The van der Waals surface area contributed by atoms with Crippen molar-refractivity contribution < 1.29 is 19.8 Å². The van der Waals surface area contributed by atoms with Crippen LogP contribution in [-0.4, -0.2) is 11.9 Å². The summed E-state index contributed by atoms with van der Waals surface area (Å²) in [6.45, 7) is 6.91. The van der Waals surface area contributed by atoms with Crippen molar-refractivity contribution in [2.75, 3.05) is 0 Å². The highest BCUT2D eigenvalue weighted by Gasteiger charge is 2.10. The molecule has 4 nitrogen and oxygen atoms in total. The second-order valence-electron chi connectivity index (χ2n) is 4.76. The van der Waals surface area contributed by atoms with Crippen LogP contribution >= 0.6 is 0 Å². The molecular weight excluding hydrogens is 256 g/mol. The molecule has 0 heterocycles. The van der Waals surface area contributed by atoms with Gasteiger partial charge in [-0.05, 0) is 49.0 Å². The molecule has 0 atom stereocenters. The van der Waals surface area contributed by atoms with Crippen LogP contribution < -0.4 is 10.2 Å². The maximum atomic E-state index is 11.1. The predicted molar refractivity (Wildman–Crippen MR) is 71.4 cm³/mol. The minimum Gasteiger partial charge on any atom is -0.545 e. The molecule has 4 heteroatoms. The molecule has 1 aromatic carbocycles. The second kappa shape index (κ2) is 6.70. The fourth-order valence-electron chi connectivity index (χ4n) is 1.90. The lowest BCUT2D eigenvalue weighted by Crippen LogP contribution is -2.31. The smallest absolute Gasteiger partial charge is 0.0681 e. The Bertz CT molecular complexity index is 582. The number of carboxylic acid groups (broad SMARTS) is 2. The van der Waals surface area contributed by atoms with Gasteiger partial charge < -0.3 is 19.8 Å². The number of aliphatic carboxylic acids is 2. The van der Waals surface area contributed by atoms with E-state index in [0.29, 0.717) is 6.42 Å². The standard InChI is InChI=1S/C16H18O4/c1-10(2)8-12-6-4-5-7-13(12)9-14(16(19)20)11(3)15(17)18/h4-7H,1,8-9H2,2-3H3,(H,17,18)(H,19,20)/p-2/b14-11-. The van der Waals surface area contributed by atoms with Crippen molar-refractivity contribution in [1.82, 2.24) is 0 Å². The number of hydrogen-bond donors (Lipinski definition) is 0. The molecule has 1 aromatic rings. The lowest BCUT2D eigenvalue weighted by Gasteiger charge is -2.16. The van der Waals surface area contributed by atoms with Gasteiger partial charge in [-0.2, -0.15) is 0 Å². The lowest BCUT2D eigenvalue weighted by atomic mass is 9.94.